The van der Waals surface area contributed by atoms with E-state index in [2.05, 4.69) is 14.5 Å². The van der Waals surface area contributed by atoms with Crippen molar-refractivity contribution in [1.29, 1.82) is 0 Å². The van der Waals surface area contributed by atoms with E-state index in [9.17, 15) is 13.9 Å². The second kappa shape index (κ2) is 5.29. The average Bonchev–Trinajstić information content (AvgIpc) is 2.90. The molecule has 1 unspecified atom stereocenters. The third-order valence-electron chi connectivity index (χ3n) is 4.22. The SMILES string of the molecule is Cc1cc(C(N)c2ccc3c(c2)OC(F)(F)O3)c(O)c2ncccc12. The molecule has 0 fully saturated rings. The van der Waals surface area contributed by atoms with Crippen molar-refractivity contribution in [2.24, 2.45) is 5.73 Å². The highest BCUT2D eigenvalue weighted by molar-refractivity contribution is 5.88. The number of hydrogen-bond acceptors (Lipinski definition) is 5. The molecule has 1 aliphatic rings. The van der Waals surface area contributed by atoms with Gasteiger partial charge in [0.15, 0.2) is 11.5 Å². The smallest absolute Gasteiger partial charge is 0.505 e. The molecule has 7 heteroatoms. The number of nitrogens with two attached hydrogens (primary N) is 1. The summed E-state index contributed by atoms with van der Waals surface area (Å²) in [7, 11) is 0. The Labute approximate surface area is 141 Å². The number of phenols is 1. The highest BCUT2D eigenvalue weighted by atomic mass is 19.3. The van der Waals surface area contributed by atoms with Gasteiger partial charge in [0.25, 0.3) is 0 Å². The minimum atomic E-state index is -3.68. The summed E-state index contributed by atoms with van der Waals surface area (Å²) in [5, 5.41) is 11.4. The number of rotatable bonds is 2. The minimum absolute atomic E-state index is 0.0308. The molecule has 0 bridgehead atoms. The predicted octanol–water partition coefficient (Wildman–Crippen LogP) is 3.62. The molecular weight excluding hydrogens is 330 g/mol. The molecule has 1 atom stereocenters. The maximum atomic E-state index is 13.2. The van der Waals surface area contributed by atoms with Crippen LogP contribution in [0.2, 0.25) is 0 Å². The van der Waals surface area contributed by atoms with Gasteiger partial charge in [-0.25, -0.2) is 0 Å². The van der Waals surface area contributed by atoms with E-state index in [1.165, 1.54) is 12.1 Å². The van der Waals surface area contributed by atoms with Crippen LogP contribution >= 0.6 is 0 Å². The van der Waals surface area contributed by atoms with Gasteiger partial charge < -0.3 is 20.3 Å². The Morgan fingerprint density at radius 1 is 1.16 bits per heavy atom. The fourth-order valence-electron chi connectivity index (χ4n) is 3.00. The van der Waals surface area contributed by atoms with Gasteiger partial charge in [0.1, 0.15) is 11.3 Å². The Morgan fingerprint density at radius 2 is 1.92 bits per heavy atom. The zero-order chi connectivity index (χ0) is 17.8. The summed E-state index contributed by atoms with van der Waals surface area (Å²) in [4.78, 5) is 4.21. The van der Waals surface area contributed by atoms with Crippen molar-refractivity contribution in [3.05, 3.63) is 59.3 Å². The molecular formula is C18H14F2N2O3. The molecule has 128 valence electrons. The van der Waals surface area contributed by atoms with Crippen LogP contribution < -0.4 is 15.2 Å². The molecule has 25 heavy (non-hydrogen) atoms. The highest BCUT2D eigenvalue weighted by Crippen LogP contribution is 2.43. The fourth-order valence-corrected chi connectivity index (χ4v) is 3.00. The van der Waals surface area contributed by atoms with Gasteiger partial charge in [-0.2, -0.15) is 0 Å². The summed E-state index contributed by atoms with van der Waals surface area (Å²) in [6, 6.07) is 8.98. The Balaban J connectivity index is 1.79. The number of aryl methyl sites for hydroxylation is 1. The first-order valence-corrected chi connectivity index (χ1v) is 7.58. The van der Waals surface area contributed by atoms with Gasteiger partial charge in [0.2, 0.25) is 0 Å². The molecule has 0 aliphatic carbocycles. The molecule has 1 aliphatic heterocycles. The van der Waals surface area contributed by atoms with E-state index in [0.717, 1.165) is 10.9 Å². The van der Waals surface area contributed by atoms with E-state index in [1.807, 2.05) is 13.0 Å². The molecule has 2 heterocycles. The number of phenolic OH excluding ortho intramolecular Hbond substituents is 1. The molecule has 0 spiro atoms. The first-order valence-electron chi connectivity index (χ1n) is 7.58. The Hall–Kier alpha value is -2.93. The van der Waals surface area contributed by atoms with Gasteiger partial charge in [0.05, 0.1) is 6.04 Å². The number of hydrogen-bond donors (Lipinski definition) is 2. The van der Waals surface area contributed by atoms with Crippen LogP contribution in [0, 0.1) is 6.92 Å². The van der Waals surface area contributed by atoms with E-state index >= 15 is 0 Å². The zero-order valence-corrected chi connectivity index (χ0v) is 13.2. The molecule has 0 saturated heterocycles. The molecule has 1 aromatic heterocycles. The lowest BCUT2D eigenvalue weighted by molar-refractivity contribution is -0.286. The van der Waals surface area contributed by atoms with Gasteiger partial charge in [-0.15, -0.1) is 8.78 Å². The van der Waals surface area contributed by atoms with Crippen molar-refractivity contribution in [3.8, 4) is 17.2 Å². The Bertz CT molecular complexity index is 991. The van der Waals surface area contributed by atoms with Crippen LogP contribution in [0.3, 0.4) is 0 Å². The van der Waals surface area contributed by atoms with Crippen LogP contribution in [0.25, 0.3) is 10.9 Å². The number of halogens is 2. The van der Waals surface area contributed by atoms with Crippen LogP contribution in [0.15, 0.2) is 42.6 Å². The quantitative estimate of drug-likeness (QED) is 0.742. The number of benzene rings is 2. The first kappa shape index (κ1) is 15.6. The standard InChI is InChI=1S/C18H14F2N2O3/c1-9-7-12(17(23)16-11(9)3-2-6-22-16)15(21)10-4-5-13-14(8-10)25-18(19,20)24-13/h2-8,15,23H,21H2,1H3. The van der Waals surface area contributed by atoms with Crippen LogP contribution in [-0.4, -0.2) is 16.4 Å². The summed E-state index contributed by atoms with van der Waals surface area (Å²) in [6.07, 6.45) is -2.10. The maximum Gasteiger partial charge on any atom is 0.586 e. The van der Waals surface area contributed by atoms with Crippen molar-refractivity contribution in [2.75, 3.05) is 0 Å². The van der Waals surface area contributed by atoms with Crippen LogP contribution in [0.5, 0.6) is 17.2 Å². The van der Waals surface area contributed by atoms with Crippen LogP contribution in [-0.2, 0) is 0 Å². The van der Waals surface area contributed by atoms with Crippen molar-refractivity contribution in [2.45, 2.75) is 19.3 Å². The first-order chi connectivity index (χ1) is 11.9. The van der Waals surface area contributed by atoms with E-state index < -0.39 is 12.3 Å². The summed E-state index contributed by atoms with van der Waals surface area (Å²) >= 11 is 0. The van der Waals surface area contributed by atoms with E-state index in [-0.39, 0.29) is 17.2 Å². The number of alkyl halides is 2. The van der Waals surface area contributed by atoms with Crippen molar-refractivity contribution >= 4 is 10.9 Å². The second-order valence-corrected chi connectivity index (χ2v) is 5.88. The van der Waals surface area contributed by atoms with Crippen molar-refractivity contribution in [3.63, 3.8) is 0 Å². The van der Waals surface area contributed by atoms with E-state index in [4.69, 9.17) is 5.73 Å². The molecule has 0 radical (unpaired) electrons. The summed E-state index contributed by atoms with van der Waals surface area (Å²) in [6.45, 7) is 1.89. The topological polar surface area (TPSA) is 77.6 Å². The number of ether oxygens (including phenoxy) is 2. The minimum Gasteiger partial charge on any atom is -0.505 e. The molecule has 5 nitrogen and oxygen atoms in total. The monoisotopic (exact) mass is 344 g/mol. The number of aromatic nitrogens is 1. The van der Waals surface area contributed by atoms with E-state index in [0.29, 0.717) is 16.6 Å². The number of pyridine rings is 1. The maximum absolute atomic E-state index is 13.2. The average molecular weight is 344 g/mol. The molecule has 4 rings (SSSR count). The van der Waals surface area contributed by atoms with Crippen molar-refractivity contribution < 1.29 is 23.4 Å². The third kappa shape index (κ3) is 2.53. The zero-order valence-electron chi connectivity index (χ0n) is 13.2. The van der Waals surface area contributed by atoms with Crippen molar-refractivity contribution in [1.82, 2.24) is 4.98 Å². The number of nitrogens with zero attached hydrogens (tertiary/aromatic N) is 1. The normalized spacial score (nSPS) is 16.2. The fraction of sp³-hybridized carbons (Fsp3) is 0.167. The predicted molar refractivity (Wildman–Crippen MR) is 86.8 cm³/mol. The Kier molecular flexibility index (Phi) is 3.30. The highest BCUT2D eigenvalue weighted by Gasteiger charge is 2.43. The molecule has 0 saturated carbocycles. The van der Waals surface area contributed by atoms with Gasteiger partial charge >= 0.3 is 6.29 Å². The van der Waals surface area contributed by atoms with Crippen LogP contribution in [0.4, 0.5) is 8.78 Å². The Morgan fingerprint density at radius 3 is 2.72 bits per heavy atom. The van der Waals surface area contributed by atoms with Gasteiger partial charge in [0, 0.05) is 17.1 Å². The van der Waals surface area contributed by atoms with Gasteiger partial charge in [-0.1, -0.05) is 12.1 Å². The molecule has 3 aromatic rings. The van der Waals surface area contributed by atoms with Gasteiger partial charge in [-0.3, -0.25) is 4.98 Å². The lowest BCUT2D eigenvalue weighted by Crippen LogP contribution is -2.25. The largest absolute Gasteiger partial charge is 0.586 e. The summed E-state index contributed by atoms with van der Waals surface area (Å²) in [5.41, 5.74) is 8.57. The molecule has 3 N–H and O–H groups in total. The van der Waals surface area contributed by atoms with E-state index in [1.54, 1.807) is 24.4 Å². The lowest BCUT2D eigenvalue weighted by atomic mass is 9.94. The summed E-state index contributed by atoms with van der Waals surface area (Å²) in [5.74, 6) is -0.175. The van der Waals surface area contributed by atoms with Gasteiger partial charge in [-0.05, 0) is 42.3 Å². The molecule has 0 amide bonds. The number of fused-ring (bicyclic) bond motifs is 2. The lowest BCUT2D eigenvalue weighted by Gasteiger charge is -2.17. The number of aromatic hydroxyl groups is 1. The third-order valence-corrected chi connectivity index (χ3v) is 4.22. The molecule has 2 aromatic carbocycles. The second-order valence-electron chi connectivity index (χ2n) is 5.88. The summed E-state index contributed by atoms with van der Waals surface area (Å²) < 4.78 is 35.2. The van der Waals surface area contributed by atoms with Crippen LogP contribution in [0.1, 0.15) is 22.7 Å².